The second-order valence-corrected chi connectivity index (χ2v) is 7.14. The Labute approximate surface area is 167 Å². The van der Waals surface area contributed by atoms with E-state index in [2.05, 4.69) is 20.6 Å². The molecule has 2 heterocycles. The van der Waals surface area contributed by atoms with Crippen LogP contribution in [0.1, 0.15) is 11.1 Å². The second-order valence-electron chi connectivity index (χ2n) is 6.70. The van der Waals surface area contributed by atoms with Gasteiger partial charge in [0.15, 0.2) is 0 Å². The van der Waals surface area contributed by atoms with Gasteiger partial charge in [-0.25, -0.2) is 4.79 Å². The molecular formula is C22H19ClN4O. The highest BCUT2D eigenvalue weighted by atomic mass is 35.5. The second kappa shape index (κ2) is 7.37. The van der Waals surface area contributed by atoms with Gasteiger partial charge in [-0.15, -0.1) is 0 Å². The molecule has 0 spiro atoms. The number of carbonyl (C=O) groups is 1. The highest BCUT2D eigenvalue weighted by Crippen LogP contribution is 2.36. The first-order valence-electron chi connectivity index (χ1n) is 8.88. The fourth-order valence-corrected chi connectivity index (χ4v) is 3.33. The maximum Gasteiger partial charge on any atom is 0.323 e. The van der Waals surface area contributed by atoms with Crippen LogP contribution in [0.2, 0.25) is 5.02 Å². The van der Waals surface area contributed by atoms with Gasteiger partial charge in [-0.05, 0) is 61.4 Å². The summed E-state index contributed by atoms with van der Waals surface area (Å²) in [5, 5.41) is 7.36. The standard InChI is InChI=1S/C22H19ClN4O/c1-13-5-6-14(2)19(10-13)26-22(28)27-21-17-11-16(23)7-8-18(17)25-20(21)15-4-3-9-24-12-15/h3-12,25H,1-2H3,(H2,26,27,28). The van der Waals surface area contributed by atoms with E-state index in [0.717, 1.165) is 39.0 Å². The van der Waals surface area contributed by atoms with E-state index in [1.54, 1.807) is 12.4 Å². The fraction of sp³-hybridized carbons (Fsp3) is 0.0909. The molecule has 6 heteroatoms. The molecule has 2 aromatic heterocycles. The van der Waals surface area contributed by atoms with Gasteiger partial charge in [-0.2, -0.15) is 0 Å². The van der Waals surface area contributed by atoms with Crippen molar-refractivity contribution in [3.8, 4) is 11.3 Å². The van der Waals surface area contributed by atoms with E-state index in [9.17, 15) is 4.79 Å². The van der Waals surface area contributed by atoms with E-state index in [1.807, 2.05) is 62.4 Å². The summed E-state index contributed by atoms with van der Waals surface area (Å²) in [4.78, 5) is 20.3. The number of anilines is 2. The Kier molecular flexibility index (Phi) is 4.75. The highest BCUT2D eigenvalue weighted by molar-refractivity contribution is 6.31. The predicted octanol–water partition coefficient (Wildman–Crippen LogP) is 6.14. The average molecular weight is 391 g/mol. The Balaban J connectivity index is 1.73. The van der Waals surface area contributed by atoms with E-state index in [-0.39, 0.29) is 6.03 Å². The predicted molar refractivity (Wildman–Crippen MR) is 115 cm³/mol. The summed E-state index contributed by atoms with van der Waals surface area (Å²) < 4.78 is 0. The maximum atomic E-state index is 12.8. The zero-order valence-electron chi connectivity index (χ0n) is 15.5. The molecule has 140 valence electrons. The number of aryl methyl sites for hydroxylation is 2. The summed E-state index contributed by atoms with van der Waals surface area (Å²) in [6, 6.07) is 15.0. The number of aromatic amines is 1. The normalized spacial score (nSPS) is 10.8. The molecule has 2 aromatic carbocycles. The number of fused-ring (bicyclic) bond motifs is 1. The minimum absolute atomic E-state index is 0.320. The van der Waals surface area contributed by atoms with Gasteiger partial charge < -0.3 is 15.6 Å². The van der Waals surface area contributed by atoms with Crippen LogP contribution in [0.25, 0.3) is 22.2 Å². The molecule has 0 aliphatic carbocycles. The molecule has 0 aliphatic rings. The van der Waals surface area contributed by atoms with Crippen LogP contribution in [0, 0.1) is 13.8 Å². The van der Waals surface area contributed by atoms with Gasteiger partial charge in [-0.1, -0.05) is 23.7 Å². The lowest BCUT2D eigenvalue weighted by Crippen LogP contribution is -2.20. The Hall–Kier alpha value is -3.31. The molecule has 0 fully saturated rings. The minimum Gasteiger partial charge on any atom is -0.353 e. The van der Waals surface area contributed by atoms with Crippen LogP contribution in [0.3, 0.4) is 0 Å². The smallest absolute Gasteiger partial charge is 0.323 e. The van der Waals surface area contributed by atoms with E-state index < -0.39 is 0 Å². The highest BCUT2D eigenvalue weighted by Gasteiger charge is 2.16. The molecular weight excluding hydrogens is 372 g/mol. The molecule has 2 amide bonds. The van der Waals surface area contributed by atoms with Crippen LogP contribution in [-0.2, 0) is 0 Å². The minimum atomic E-state index is -0.320. The molecule has 0 saturated carbocycles. The number of nitrogens with one attached hydrogen (secondary N) is 3. The fourth-order valence-electron chi connectivity index (χ4n) is 3.16. The number of benzene rings is 2. The van der Waals surface area contributed by atoms with Crippen LogP contribution in [-0.4, -0.2) is 16.0 Å². The lowest BCUT2D eigenvalue weighted by molar-refractivity contribution is 0.262. The van der Waals surface area contributed by atoms with Crippen molar-refractivity contribution in [3.63, 3.8) is 0 Å². The summed E-state index contributed by atoms with van der Waals surface area (Å²) in [6.45, 7) is 3.95. The van der Waals surface area contributed by atoms with Crippen LogP contribution in [0.4, 0.5) is 16.2 Å². The third kappa shape index (κ3) is 3.57. The summed E-state index contributed by atoms with van der Waals surface area (Å²) in [5.74, 6) is 0. The Morgan fingerprint density at radius 1 is 1.07 bits per heavy atom. The van der Waals surface area contributed by atoms with E-state index >= 15 is 0 Å². The Bertz CT molecular complexity index is 1170. The number of amides is 2. The van der Waals surface area contributed by atoms with Crippen molar-refractivity contribution in [2.75, 3.05) is 10.6 Å². The first kappa shape index (κ1) is 18.1. The molecule has 4 rings (SSSR count). The summed E-state index contributed by atoms with van der Waals surface area (Å²) in [5.41, 5.74) is 6.04. The van der Waals surface area contributed by atoms with E-state index in [4.69, 9.17) is 11.6 Å². The first-order chi connectivity index (χ1) is 13.5. The Morgan fingerprint density at radius 2 is 1.93 bits per heavy atom. The molecule has 0 aliphatic heterocycles. The number of halogens is 1. The number of urea groups is 1. The first-order valence-corrected chi connectivity index (χ1v) is 9.26. The molecule has 4 aromatic rings. The van der Waals surface area contributed by atoms with Gasteiger partial charge in [0.25, 0.3) is 0 Å². The largest absolute Gasteiger partial charge is 0.353 e. The van der Waals surface area contributed by atoms with Crippen molar-refractivity contribution in [1.29, 1.82) is 0 Å². The van der Waals surface area contributed by atoms with Gasteiger partial charge >= 0.3 is 6.03 Å². The van der Waals surface area contributed by atoms with Crippen molar-refractivity contribution in [2.24, 2.45) is 0 Å². The van der Waals surface area contributed by atoms with Crippen LogP contribution in [0.15, 0.2) is 60.9 Å². The molecule has 0 radical (unpaired) electrons. The number of rotatable bonds is 3. The zero-order chi connectivity index (χ0) is 19.7. The number of nitrogens with zero attached hydrogens (tertiary/aromatic N) is 1. The van der Waals surface area contributed by atoms with Gasteiger partial charge in [0, 0.05) is 39.6 Å². The van der Waals surface area contributed by atoms with Gasteiger partial charge in [0.05, 0.1) is 11.4 Å². The van der Waals surface area contributed by atoms with Crippen molar-refractivity contribution in [3.05, 3.63) is 77.1 Å². The summed E-state index contributed by atoms with van der Waals surface area (Å²) in [6.07, 6.45) is 3.46. The average Bonchev–Trinajstić information content (AvgIpc) is 3.03. The van der Waals surface area contributed by atoms with Crippen molar-refractivity contribution < 1.29 is 4.79 Å². The van der Waals surface area contributed by atoms with Crippen molar-refractivity contribution in [2.45, 2.75) is 13.8 Å². The molecule has 5 nitrogen and oxygen atoms in total. The number of hydrogen-bond donors (Lipinski definition) is 3. The number of aromatic nitrogens is 2. The Morgan fingerprint density at radius 3 is 2.71 bits per heavy atom. The quantitative estimate of drug-likeness (QED) is 0.393. The van der Waals surface area contributed by atoms with Crippen molar-refractivity contribution >= 4 is 39.9 Å². The van der Waals surface area contributed by atoms with Gasteiger partial charge in [0.2, 0.25) is 0 Å². The van der Waals surface area contributed by atoms with E-state index in [1.165, 1.54) is 0 Å². The van der Waals surface area contributed by atoms with Crippen LogP contribution in [0.5, 0.6) is 0 Å². The molecule has 0 bridgehead atoms. The zero-order valence-corrected chi connectivity index (χ0v) is 16.3. The SMILES string of the molecule is Cc1ccc(C)c(NC(=O)Nc2c(-c3cccnc3)[nH]c3ccc(Cl)cc23)c1. The lowest BCUT2D eigenvalue weighted by atomic mass is 10.1. The third-order valence-corrected chi connectivity index (χ3v) is 4.83. The van der Waals surface area contributed by atoms with Crippen molar-refractivity contribution in [1.82, 2.24) is 9.97 Å². The van der Waals surface area contributed by atoms with Crippen LogP contribution < -0.4 is 10.6 Å². The van der Waals surface area contributed by atoms with Crippen LogP contribution >= 0.6 is 11.6 Å². The summed E-state index contributed by atoms with van der Waals surface area (Å²) >= 11 is 6.20. The number of hydrogen-bond acceptors (Lipinski definition) is 2. The summed E-state index contributed by atoms with van der Waals surface area (Å²) in [7, 11) is 0. The molecule has 0 unspecified atom stereocenters. The maximum absolute atomic E-state index is 12.8. The number of H-pyrrole nitrogens is 1. The third-order valence-electron chi connectivity index (χ3n) is 4.59. The monoisotopic (exact) mass is 390 g/mol. The van der Waals surface area contributed by atoms with E-state index in [0.29, 0.717) is 10.7 Å². The molecule has 28 heavy (non-hydrogen) atoms. The van der Waals surface area contributed by atoms with Gasteiger partial charge in [-0.3, -0.25) is 4.98 Å². The molecule has 0 saturated heterocycles. The molecule has 3 N–H and O–H groups in total. The number of carbonyl (C=O) groups excluding carboxylic acids is 1. The lowest BCUT2D eigenvalue weighted by Gasteiger charge is -2.12. The van der Waals surface area contributed by atoms with Gasteiger partial charge in [0.1, 0.15) is 0 Å². The topological polar surface area (TPSA) is 69.8 Å². The number of pyridine rings is 1. The molecule has 0 atom stereocenters.